The van der Waals surface area contributed by atoms with Gasteiger partial charge in [-0.3, -0.25) is 14.9 Å². The number of aryl methyl sites for hydroxylation is 1. The molecule has 1 amide bonds. The number of hydrogen-bond acceptors (Lipinski definition) is 6. The molecule has 0 aliphatic rings. The smallest absolute Gasteiger partial charge is 0.269 e. The zero-order valence-electron chi connectivity index (χ0n) is 19.6. The van der Waals surface area contributed by atoms with Crippen LogP contribution in [0, 0.1) is 28.4 Å². The monoisotopic (exact) mass is 494 g/mol. The summed E-state index contributed by atoms with van der Waals surface area (Å²) in [4.78, 5) is 28.3. The topological polar surface area (TPSA) is 109 Å². The van der Waals surface area contributed by atoms with Crippen LogP contribution >= 0.6 is 11.8 Å². The molecule has 0 saturated heterocycles. The number of carbonyl (C=O) groups excluding carboxylic acids is 1. The molecule has 4 aromatic rings. The van der Waals surface area contributed by atoms with Crippen LogP contribution in [-0.2, 0) is 4.79 Å². The van der Waals surface area contributed by atoms with Gasteiger partial charge in [0.2, 0.25) is 5.91 Å². The Balaban J connectivity index is 1.68. The zero-order valence-corrected chi connectivity index (χ0v) is 20.5. The van der Waals surface area contributed by atoms with Gasteiger partial charge in [0.25, 0.3) is 5.69 Å². The average Bonchev–Trinajstić information content (AvgIpc) is 2.90. The van der Waals surface area contributed by atoms with E-state index in [0.717, 1.165) is 16.7 Å². The van der Waals surface area contributed by atoms with Crippen LogP contribution in [0.2, 0.25) is 0 Å². The first-order chi connectivity index (χ1) is 17.4. The van der Waals surface area contributed by atoms with Gasteiger partial charge in [0.1, 0.15) is 11.1 Å². The first kappa shape index (κ1) is 24.6. The summed E-state index contributed by atoms with van der Waals surface area (Å²) in [6.45, 7) is 3.44. The molecule has 178 valence electrons. The van der Waals surface area contributed by atoms with Crippen molar-refractivity contribution in [2.75, 3.05) is 5.32 Å². The van der Waals surface area contributed by atoms with Gasteiger partial charge in [-0.2, -0.15) is 5.26 Å². The number of thioether (sulfide) groups is 1. The molecule has 0 bridgehead atoms. The van der Waals surface area contributed by atoms with E-state index in [1.165, 1.54) is 30.0 Å². The molecule has 0 unspecified atom stereocenters. The van der Waals surface area contributed by atoms with E-state index in [0.29, 0.717) is 27.5 Å². The van der Waals surface area contributed by atoms with Crippen molar-refractivity contribution in [3.8, 4) is 28.5 Å². The maximum absolute atomic E-state index is 13.0. The van der Waals surface area contributed by atoms with Crippen molar-refractivity contribution >= 4 is 29.0 Å². The Kier molecular flexibility index (Phi) is 7.42. The van der Waals surface area contributed by atoms with Gasteiger partial charge in [-0.1, -0.05) is 72.4 Å². The van der Waals surface area contributed by atoms with Gasteiger partial charge in [0, 0.05) is 28.9 Å². The van der Waals surface area contributed by atoms with Crippen molar-refractivity contribution in [3.05, 3.63) is 106 Å². The molecule has 1 aromatic heterocycles. The highest BCUT2D eigenvalue weighted by atomic mass is 32.2. The van der Waals surface area contributed by atoms with Crippen molar-refractivity contribution < 1.29 is 9.72 Å². The van der Waals surface area contributed by atoms with Gasteiger partial charge in [0.15, 0.2) is 0 Å². The van der Waals surface area contributed by atoms with Gasteiger partial charge >= 0.3 is 0 Å². The van der Waals surface area contributed by atoms with E-state index in [4.69, 9.17) is 4.98 Å². The van der Waals surface area contributed by atoms with E-state index >= 15 is 0 Å². The molecule has 1 atom stereocenters. The average molecular weight is 495 g/mol. The lowest BCUT2D eigenvalue weighted by atomic mass is 9.99. The molecule has 0 aliphatic carbocycles. The molecule has 1 heterocycles. The Morgan fingerprint density at radius 2 is 1.67 bits per heavy atom. The Morgan fingerprint density at radius 3 is 2.25 bits per heavy atom. The number of hydrogen-bond donors (Lipinski definition) is 1. The summed E-state index contributed by atoms with van der Waals surface area (Å²) < 4.78 is 0. The lowest BCUT2D eigenvalue weighted by molar-refractivity contribution is -0.384. The lowest BCUT2D eigenvalue weighted by Gasteiger charge is -2.16. The van der Waals surface area contributed by atoms with Crippen LogP contribution in [0.1, 0.15) is 18.1 Å². The van der Waals surface area contributed by atoms with E-state index in [1.807, 2.05) is 66.7 Å². The maximum Gasteiger partial charge on any atom is 0.269 e. The third kappa shape index (κ3) is 5.43. The Bertz CT molecular complexity index is 1470. The molecule has 1 N–H and O–H groups in total. The molecule has 0 aliphatic heterocycles. The molecule has 4 rings (SSSR count). The largest absolute Gasteiger partial charge is 0.325 e. The van der Waals surface area contributed by atoms with E-state index in [9.17, 15) is 20.2 Å². The Hall–Kier alpha value is -4.48. The van der Waals surface area contributed by atoms with Crippen LogP contribution < -0.4 is 5.32 Å². The summed E-state index contributed by atoms with van der Waals surface area (Å²) in [6, 6.07) is 27.8. The summed E-state index contributed by atoms with van der Waals surface area (Å²) in [7, 11) is 0. The van der Waals surface area contributed by atoms with Gasteiger partial charge in [-0.05, 0) is 37.1 Å². The number of nitrogens with one attached hydrogen (secondary N) is 1. The predicted octanol–water partition coefficient (Wildman–Crippen LogP) is 6.62. The minimum atomic E-state index is -0.589. The Morgan fingerprint density at radius 1 is 1.03 bits per heavy atom. The highest BCUT2D eigenvalue weighted by Gasteiger charge is 2.22. The quantitative estimate of drug-likeness (QED) is 0.176. The van der Waals surface area contributed by atoms with Gasteiger partial charge in [0.05, 0.1) is 21.4 Å². The summed E-state index contributed by atoms with van der Waals surface area (Å²) >= 11 is 1.20. The zero-order chi connectivity index (χ0) is 25.7. The number of carbonyl (C=O) groups is 1. The number of rotatable bonds is 7. The number of nitro groups is 1. The van der Waals surface area contributed by atoms with Gasteiger partial charge in [-0.25, -0.2) is 4.98 Å². The summed E-state index contributed by atoms with van der Waals surface area (Å²) in [5, 5.41) is 23.8. The molecule has 0 spiro atoms. The fraction of sp³-hybridized carbons (Fsp3) is 0.107. The molecule has 0 saturated carbocycles. The number of nitrogens with zero attached hydrogens (tertiary/aromatic N) is 3. The number of nitro benzene ring substituents is 1. The van der Waals surface area contributed by atoms with Crippen LogP contribution in [0.5, 0.6) is 0 Å². The first-order valence-corrected chi connectivity index (χ1v) is 12.0. The minimum absolute atomic E-state index is 0.0399. The molecule has 3 aromatic carbocycles. The minimum Gasteiger partial charge on any atom is -0.325 e. The summed E-state index contributed by atoms with van der Waals surface area (Å²) in [5.74, 6) is -0.297. The number of benzene rings is 3. The lowest BCUT2D eigenvalue weighted by Crippen LogP contribution is -2.23. The molecular formula is C28H22N4O3S. The normalized spacial score (nSPS) is 11.4. The van der Waals surface area contributed by atoms with E-state index in [2.05, 4.69) is 11.4 Å². The fourth-order valence-corrected chi connectivity index (χ4v) is 4.60. The molecule has 36 heavy (non-hydrogen) atoms. The third-order valence-electron chi connectivity index (χ3n) is 5.59. The molecular weight excluding hydrogens is 472 g/mol. The third-order valence-corrected chi connectivity index (χ3v) is 6.68. The fourth-order valence-electron chi connectivity index (χ4n) is 3.67. The second-order valence-corrected chi connectivity index (χ2v) is 9.41. The van der Waals surface area contributed by atoms with Crippen molar-refractivity contribution in [1.82, 2.24) is 4.98 Å². The highest BCUT2D eigenvalue weighted by Crippen LogP contribution is 2.36. The van der Waals surface area contributed by atoms with Crippen LogP contribution in [0.3, 0.4) is 0 Å². The number of anilines is 1. The van der Waals surface area contributed by atoms with Gasteiger partial charge in [-0.15, -0.1) is 0 Å². The SMILES string of the molecule is Cc1cc([N+](=O)[O-])ccc1NC(=O)[C@@H](C)Sc1nc(-c2ccccc2)cc(-c2ccccc2)c1C#N. The van der Waals surface area contributed by atoms with Crippen LogP contribution in [0.4, 0.5) is 11.4 Å². The molecule has 0 radical (unpaired) electrons. The van der Waals surface area contributed by atoms with E-state index in [1.54, 1.807) is 13.8 Å². The van der Waals surface area contributed by atoms with E-state index < -0.39 is 10.2 Å². The predicted molar refractivity (Wildman–Crippen MR) is 142 cm³/mol. The van der Waals surface area contributed by atoms with Gasteiger partial charge < -0.3 is 5.32 Å². The second kappa shape index (κ2) is 10.8. The van der Waals surface area contributed by atoms with Crippen molar-refractivity contribution in [2.24, 2.45) is 0 Å². The van der Waals surface area contributed by atoms with E-state index in [-0.39, 0.29) is 11.6 Å². The van der Waals surface area contributed by atoms with Crippen LogP contribution in [-0.4, -0.2) is 21.1 Å². The first-order valence-electron chi connectivity index (χ1n) is 11.2. The molecule has 8 heteroatoms. The van der Waals surface area contributed by atoms with Crippen LogP contribution in [0.15, 0.2) is 90.0 Å². The van der Waals surface area contributed by atoms with Crippen molar-refractivity contribution in [2.45, 2.75) is 24.1 Å². The highest BCUT2D eigenvalue weighted by molar-refractivity contribution is 8.00. The Labute approximate surface area is 213 Å². The number of nitriles is 1. The van der Waals surface area contributed by atoms with Crippen molar-refractivity contribution in [1.29, 1.82) is 5.26 Å². The molecule has 7 nitrogen and oxygen atoms in total. The number of non-ortho nitro benzene ring substituents is 1. The summed E-state index contributed by atoms with van der Waals surface area (Å²) in [6.07, 6.45) is 0. The molecule has 0 fully saturated rings. The standard InChI is InChI=1S/C28H22N4O3S/c1-18-15-22(32(34)35)13-14-25(18)30-27(33)19(2)36-28-24(17-29)23(20-9-5-3-6-10-20)16-26(31-28)21-11-7-4-8-12-21/h3-16,19H,1-2H3,(H,30,33)/t19-/m1/s1. The number of aromatic nitrogens is 1. The number of pyridine rings is 1. The maximum atomic E-state index is 13.0. The van der Waals surface area contributed by atoms with Crippen molar-refractivity contribution in [3.63, 3.8) is 0 Å². The number of amides is 1. The second-order valence-electron chi connectivity index (χ2n) is 8.08. The summed E-state index contributed by atoms with van der Waals surface area (Å²) in [5.41, 5.74) is 4.67. The van der Waals surface area contributed by atoms with Crippen LogP contribution in [0.25, 0.3) is 22.4 Å².